The van der Waals surface area contributed by atoms with E-state index in [0.29, 0.717) is 6.42 Å². The van der Waals surface area contributed by atoms with Crippen molar-refractivity contribution < 1.29 is 14.3 Å². The monoisotopic (exact) mass is 280 g/mol. The van der Waals surface area contributed by atoms with Gasteiger partial charge in [0.25, 0.3) is 0 Å². The summed E-state index contributed by atoms with van der Waals surface area (Å²) < 4.78 is 4.57. The zero-order chi connectivity index (χ0) is 15.4. The quantitative estimate of drug-likeness (QED) is 0.869. The molecule has 0 radical (unpaired) electrons. The molecule has 1 rings (SSSR count). The number of amides is 2. The predicted molar refractivity (Wildman–Crippen MR) is 79.0 cm³/mol. The number of rotatable bonds is 5. The summed E-state index contributed by atoms with van der Waals surface area (Å²) >= 11 is 0. The van der Waals surface area contributed by atoms with Gasteiger partial charge in [0.1, 0.15) is 6.61 Å². The number of nitrogens with two attached hydrogens (primary N) is 1. The van der Waals surface area contributed by atoms with Crippen molar-refractivity contribution in [1.82, 2.24) is 5.32 Å². The molecule has 0 saturated carbocycles. The van der Waals surface area contributed by atoms with E-state index in [0.717, 1.165) is 12.0 Å². The molecule has 1 aromatic rings. The lowest BCUT2D eigenvalue weighted by Gasteiger charge is -2.05. The number of nitrogens with one attached hydrogen (secondary N) is 1. The molecule has 112 valence electrons. The van der Waals surface area contributed by atoms with E-state index in [9.17, 15) is 9.59 Å². The highest BCUT2D eigenvalue weighted by atomic mass is 16.5. The molecule has 3 N–H and O–H groups in total. The first-order chi connectivity index (χ1) is 9.45. The van der Waals surface area contributed by atoms with Crippen LogP contribution in [0.4, 0.5) is 4.79 Å². The number of hydrogen-bond donors (Lipinski definition) is 2. The van der Waals surface area contributed by atoms with Crippen molar-refractivity contribution in [1.29, 1.82) is 0 Å². The molecule has 2 amide bonds. The lowest BCUT2D eigenvalue weighted by molar-refractivity contribution is -0.121. The summed E-state index contributed by atoms with van der Waals surface area (Å²) in [5.74, 6) is 0.160. The molecule has 1 aromatic carbocycles. The fourth-order valence-electron chi connectivity index (χ4n) is 1.35. The normalized spacial score (nSPS) is 9.40. The van der Waals surface area contributed by atoms with Crippen molar-refractivity contribution in [3.05, 3.63) is 35.9 Å². The Bertz CT molecular complexity index is 391. The molecule has 0 spiro atoms. The first-order valence-corrected chi connectivity index (χ1v) is 6.71. The van der Waals surface area contributed by atoms with Gasteiger partial charge in [-0.2, -0.15) is 0 Å². The largest absolute Gasteiger partial charge is 0.445 e. The smallest absolute Gasteiger partial charge is 0.404 e. The van der Waals surface area contributed by atoms with Gasteiger partial charge in [0.2, 0.25) is 5.91 Å². The highest BCUT2D eigenvalue weighted by molar-refractivity contribution is 5.75. The molecule has 0 saturated heterocycles. The van der Waals surface area contributed by atoms with Gasteiger partial charge < -0.3 is 15.8 Å². The minimum Gasteiger partial charge on any atom is -0.445 e. The van der Waals surface area contributed by atoms with E-state index >= 15 is 0 Å². The Kier molecular flexibility index (Phi) is 9.74. The maximum atomic E-state index is 10.7. The second-order valence-corrected chi connectivity index (χ2v) is 4.57. The Morgan fingerprint density at radius 3 is 2.30 bits per heavy atom. The van der Waals surface area contributed by atoms with Gasteiger partial charge in [-0.25, -0.2) is 4.79 Å². The molecular formula is C15H24N2O3. The number of benzene rings is 1. The van der Waals surface area contributed by atoms with Gasteiger partial charge in [-0.1, -0.05) is 37.3 Å². The zero-order valence-electron chi connectivity index (χ0n) is 12.4. The van der Waals surface area contributed by atoms with Gasteiger partial charge in [0, 0.05) is 12.5 Å². The Morgan fingerprint density at radius 2 is 1.85 bits per heavy atom. The number of ether oxygens (including phenoxy) is 1. The van der Waals surface area contributed by atoms with E-state index in [2.05, 4.69) is 10.1 Å². The molecule has 0 aliphatic heterocycles. The van der Waals surface area contributed by atoms with E-state index in [-0.39, 0.29) is 18.6 Å². The summed E-state index contributed by atoms with van der Waals surface area (Å²) in [5, 5.41) is 2.80. The fraction of sp³-hybridized carbons (Fsp3) is 0.467. The number of primary amides is 1. The first-order valence-electron chi connectivity index (χ1n) is 6.71. The average Bonchev–Trinajstić information content (AvgIpc) is 2.38. The molecule has 0 aromatic heterocycles. The van der Waals surface area contributed by atoms with Crippen LogP contribution in [0.15, 0.2) is 30.3 Å². The third-order valence-corrected chi connectivity index (χ3v) is 2.15. The van der Waals surface area contributed by atoms with Gasteiger partial charge in [-0.15, -0.1) is 0 Å². The maximum absolute atomic E-state index is 10.7. The number of carbonyl (C=O) groups is 2. The minimum atomic E-state index is -0.742. The second kappa shape index (κ2) is 10.8. The SMILES string of the molecule is CCCC(=O)NC(C)C.NC(=O)OCc1ccccc1. The third kappa shape index (κ3) is 11.1. The van der Waals surface area contributed by atoms with Crippen LogP contribution in [0.25, 0.3) is 0 Å². The molecular weight excluding hydrogens is 256 g/mol. The summed E-state index contributed by atoms with van der Waals surface area (Å²) in [6.45, 7) is 6.18. The van der Waals surface area contributed by atoms with E-state index in [4.69, 9.17) is 5.73 Å². The zero-order valence-corrected chi connectivity index (χ0v) is 12.4. The first kappa shape index (κ1) is 18.0. The van der Waals surface area contributed by atoms with Crippen LogP contribution < -0.4 is 11.1 Å². The molecule has 0 unspecified atom stereocenters. The van der Waals surface area contributed by atoms with Crippen LogP contribution in [0.2, 0.25) is 0 Å². The molecule has 5 nitrogen and oxygen atoms in total. The van der Waals surface area contributed by atoms with Crippen LogP contribution in [0.5, 0.6) is 0 Å². The van der Waals surface area contributed by atoms with Crippen molar-refractivity contribution in [2.45, 2.75) is 46.3 Å². The van der Waals surface area contributed by atoms with Crippen LogP contribution >= 0.6 is 0 Å². The van der Waals surface area contributed by atoms with Gasteiger partial charge in [0.15, 0.2) is 0 Å². The van der Waals surface area contributed by atoms with Gasteiger partial charge >= 0.3 is 6.09 Å². The van der Waals surface area contributed by atoms with Crippen molar-refractivity contribution in [2.24, 2.45) is 5.73 Å². The highest BCUT2D eigenvalue weighted by Crippen LogP contribution is 1.99. The highest BCUT2D eigenvalue weighted by Gasteiger charge is 1.98. The number of carbonyl (C=O) groups excluding carboxylic acids is 2. The fourth-order valence-corrected chi connectivity index (χ4v) is 1.35. The molecule has 0 bridgehead atoms. The molecule has 0 aliphatic carbocycles. The van der Waals surface area contributed by atoms with Gasteiger partial charge in [0.05, 0.1) is 0 Å². The van der Waals surface area contributed by atoms with E-state index < -0.39 is 6.09 Å². The average molecular weight is 280 g/mol. The lowest BCUT2D eigenvalue weighted by atomic mass is 10.2. The van der Waals surface area contributed by atoms with Gasteiger partial charge in [-0.05, 0) is 25.8 Å². The standard InChI is InChI=1S/C8H9NO2.C7H15NO/c9-8(10)11-6-7-4-2-1-3-5-7;1-4-5-7(9)8-6(2)3/h1-5H,6H2,(H2,9,10);6H,4-5H2,1-3H3,(H,8,9). The van der Waals surface area contributed by atoms with E-state index in [1.807, 2.05) is 51.1 Å². The van der Waals surface area contributed by atoms with Crippen LogP contribution in [-0.2, 0) is 16.1 Å². The van der Waals surface area contributed by atoms with Crippen molar-refractivity contribution >= 4 is 12.0 Å². The topological polar surface area (TPSA) is 81.4 Å². The summed E-state index contributed by atoms with van der Waals surface area (Å²) in [6.07, 6.45) is 0.838. The maximum Gasteiger partial charge on any atom is 0.404 e. The second-order valence-electron chi connectivity index (χ2n) is 4.57. The van der Waals surface area contributed by atoms with Crippen LogP contribution in [0.3, 0.4) is 0 Å². The summed E-state index contributed by atoms with van der Waals surface area (Å²) in [6, 6.07) is 9.66. The molecule has 0 atom stereocenters. The molecule has 0 heterocycles. The van der Waals surface area contributed by atoms with Crippen LogP contribution in [0, 0.1) is 0 Å². The van der Waals surface area contributed by atoms with Crippen LogP contribution in [-0.4, -0.2) is 18.0 Å². The molecule has 0 aliphatic rings. The molecule has 0 fully saturated rings. The van der Waals surface area contributed by atoms with Crippen LogP contribution in [0.1, 0.15) is 39.2 Å². The third-order valence-electron chi connectivity index (χ3n) is 2.15. The number of hydrogen-bond acceptors (Lipinski definition) is 3. The van der Waals surface area contributed by atoms with Crippen molar-refractivity contribution in [3.8, 4) is 0 Å². The molecule has 5 heteroatoms. The summed E-state index contributed by atoms with van der Waals surface area (Å²) in [7, 11) is 0. The Hall–Kier alpha value is -2.04. The predicted octanol–water partition coefficient (Wildman–Crippen LogP) is 2.59. The van der Waals surface area contributed by atoms with Crippen molar-refractivity contribution in [3.63, 3.8) is 0 Å². The Labute approximate surface area is 120 Å². The lowest BCUT2D eigenvalue weighted by Crippen LogP contribution is -2.29. The summed E-state index contributed by atoms with van der Waals surface area (Å²) in [5.41, 5.74) is 5.72. The van der Waals surface area contributed by atoms with Crippen molar-refractivity contribution in [2.75, 3.05) is 0 Å². The van der Waals surface area contributed by atoms with E-state index in [1.54, 1.807) is 0 Å². The van der Waals surface area contributed by atoms with E-state index in [1.165, 1.54) is 0 Å². The Balaban J connectivity index is 0.000000370. The molecule has 20 heavy (non-hydrogen) atoms. The summed E-state index contributed by atoms with van der Waals surface area (Å²) in [4.78, 5) is 20.9. The Morgan fingerprint density at radius 1 is 1.25 bits per heavy atom. The minimum absolute atomic E-state index is 0.160. The van der Waals surface area contributed by atoms with Gasteiger partial charge in [-0.3, -0.25) is 4.79 Å².